The number of carbonyl (C=O) groups is 1. The van der Waals surface area contributed by atoms with E-state index in [1.165, 1.54) is 0 Å². The van der Waals surface area contributed by atoms with Crippen molar-refractivity contribution in [2.75, 3.05) is 13.7 Å². The van der Waals surface area contributed by atoms with Gasteiger partial charge in [0.1, 0.15) is 11.5 Å². The fourth-order valence-corrected chi connectivity index (χ4v) is 2.19. The Morgan fingerprint density at radius 1 is 1.39 bits per heavy atom. The fraction of sp³-hybridized carbons (Fsp3) is 0.444. The number of benzene rings is 1. The van der Waals surface area contributed by atoms with Crippen molar-refractivity contribution < 1.29 is 13.9 Å². The number of hydrogen-bond donors (Lipinski definition) is 1. The standard InChI is InChI=1S/C18H24N2O3/c1-12(2)8-9-19-17(21)11-16-13(3)23-18(20-16)14-6-5-7-15(10-14)22-4/h5-7,10,12H,8-9,11H2,1-4H3,(H,19,21). The first-order valence-corrected chi connectivity index (χ1v) is 7.87. The Bertz CT molecular complexity index is 662. The van der Waals surface area contributed by atoms with Crippen LogP contribution >= 0.6 is 0 Å². The van der Waals surface area contributed by atoms with E-state index in [2.05, 4.69) is 24.1 Å². The van der Waals surface area contributed by atoms with Crippen molar-refractivity contribution in [1.29, 1.82) is 0 Å². The van der Waals surface area contributed by atoms with E-state index in [4.69, 9.17) is 9.15 Å². The summed E-state index contributed by atoms with van der Waals surface area (Å²) in [4.78, 5) is 16.4. The Labute approximate surface area is 137 Å². The molecule has 1 aromatic heterocycles. The van der Waals surface area contributed by atoms with Crippen LogP contribution in [-0.4, -0.2) is 24.5 Å². The van der Waals surface area contributed by atoms with E-state index in [1.54, 1.807) is 7.11 Å². The summed E-state index contributed by atoms with van der Waals surface area (Å²) in [5.41, 5.74) is 1.50. The van der Waals surface area contributed by atoms with E-state index >= 15 is 0 Å². The summed E-state index contributed by atoms with van der Waals surface area (Å²) in [5, 5.41) is 2.92. The Morgan fingerprint density at radius 2 is 2.17 bits per heavy atom. The van der Waals surface area contributed by atoms with Crippen LogP contribution < -0.4 is 10.1 Å². The molecule has 23 heavy (non-hydrogen) atoms. The van der Waals surface area contributed by atoms with Gasteiger partial charge >= 0.3 is 0 Å². The highest BCUT2D eigenvalue weighted by Crippen LogP contribution is 2.25. The third-order valence-electron chi connectivity index (χ3n) is 3.58. The van der Waals surface area contributed by atoms with Crippen LogP contribution in [0.2, 0.25) is 0 Å². The smallest absolute Gasteiger partial charge is 0.226 e. The molecular weight excluding hydrogens is 292 g/mol. The fourth-order valence-electron chi connectivity index (χ4n) is 2.19. The normalized spacial score (nSPS) is 10.8. The predicted octanol–water partition coefficient (Wildman–Crippen LogP) is 3.36. The second kappa shape index (κ2) is 7.81. The average Bonchev–Trinajstić information content (AvgIpc) is 2.88. The van der Waals surface area contributed by atoms with Gasteiger partial charge in [-0.1, -0.05) is 19.9 Å². The number of carbonyl (C=O) groups excluding carboxylic acids is 1. The molecule has 0 aliphatic rings. The zero-order valence-electron chi connectivity index (χ0n) is 14.2. The lowest BCUT2D eigenvalue weighted by molar-refractivity contribution is -0.120. The van der Waals surface area contributed by atoms with Gasteiger partial charge in [0.05, 0.1) is 19.2 Å². The van der Waals surface area contributed by atoms with Gasteiger partial charge in [-0.15, -0.1) is 0 Å². The number of aryl methyl sites for hydroxylation is 1. The molecule has 5 nitrogen and oxygen atoms in total. The number of oxazole rings is 1. The molecule has 0 atom stereocenters. The molecule has 0 aliphatic heterocycles. The minimum absolute atomic E-state index is 0.0285. The van der Waals surface area contributed by atoms with Crippen molar-refractivity contribution >= 4 is 5.91 Å². The molecule has 2 rings (SSSR count). The molecule has 0 bridgehead atoms. The van der Waals surface area contributed by atoms with Crippen LogP contribution in [0.3, 0.4) is 0 Å². The number of methoxy groups -OCH3 is 1. The van der Waals surface area contributed by atoms with Gasteiger partial charge in [-0.05, 0) is 37.5 Å². The monoisotopic (exact) mass is 316 g/mol. The molecule has 0 aliphatic carbocycles. The van der Waals surface area contributed by atoms with Crippen molar-refractivity contribution in [2.24, 2.45) is 5.92 Å². The van der Waals surface area contributed by atoms with E-state index in [1.807, 2.05) is 31.2 Å². The molecule has 2 aromatic rings. The second-order valence-corrected chi connectivity index (χ2v) is 5.96. The number of ether oxygens (including phenoxy) is 1. The van der Waals surface area contributed by atoms with Crippen molar-refractivity contribution in [1.82, 2.24) is 10.3 Å². The zero-order valence-corrected chi connectivity index (χ0v) is 14.2. The van der Waals surface area contributed by atoms with Crippen LogP contribution in [-0.2, 0) is 11.2 Å². The van der Waals surface area contributed by atoms with Crippen LogP contribution in [0.25, 0.3) is 11.5 Å². The lowest BCUT2D eigenvalue weighted by Crippen LogP contribution is -2.27. The molecular formula is C18H24N2O3. The lowest BCUT2D eigenvalue weighted by atomic mass is 10.1. The highest BCUT2D eigenvalue weighted by molar-refractivity contribution is 5.78. The minimum Gasteiger partial charge on any atom is -0.497 e. The van der Waals surface area contributed by atoms with Crippen LogP contribution in [0.1, 0.15) is 31.7 Å². The van der Waals surface area contributed by atoms with Crippen LogP contribution in [0.5, 0.6) is 5.75 Å². The molecule has 0 saturated heterocycles. The number of aromatic nitrogens is 1. The Hall–Kier alpha value is -2.30. The van der Waals surface area contributed by atoms with Gasteiger partial charge in [0.25, 0.3) is 0 Å². The number of amides is 1. The number of nitrogens with one attached hydrogen (secondary N) is 1. The number of hydrogen-bond acceptors (Lipinski definition) is 4. The van der Waals surface area contributed by atoms with Crippen molar-refractivity contribution in [3.63, 3.8) is 0 Å². The zero-order chi connectivity index (χ0) is 16.8. The van der Waals surface area contributed by atoms with Gasteiger partial charge in [0.2, 0.25) is 11.8 Å². The summed E-state index contributed by atoms with van der Waals surface area (Å²) in [6.07, 6.45) is 1.20. The topological polar surface area (TPSA) is 64.4 Å². The maximum absolute atomic E-state index is 12.0. The quantitative estimate of drug-likeness (QED) is 0.850. The van der Waals surface area contributed by atoms with Gasteiger partial charge in [-0.2, -0.15) is 0 Å². The summed E-state index contributed by atoms with van der Waals surface area (Å²) >= 11 is 0. The van der Waals surface area contributed by atoms with E-state index in [0.29, 0.717) is 29.8 Å². The summed E-state index contributed by atoms with van der Waals surface area (Å²) in [6.45, 7) is 6.78. The largest absolute Gasteiger partial charge is 0.497 e. The molecule has 1 amide bonds. The molecule has 0 spiro atoms. The van der Waals surface area contributed by atoms with Gasteiger partial charge < -0.3 is 14.5 Å². The summed E-state index contributed by atoms with van der Waals surface area (Å²) in [7, 11) is 1.62. The van der Waals surface area contributed by atoms with E-state index in [9.17, 15) is 4.79 Å². The van der Waals surface area contributed by atoms with E-state index in [0.717, 1.165) is 17.7 Å². The third-order valence-corrected chi connectivity index (χ3v) is 3.58. The highest BCUT2D eigenvalue weighted by Gasteiger charge is 2.15. The van der Waals surface area contributed by atoms with Crippen molar-refractivity contribution in [3.05, 3.63) is 35.7 Å². The number of rotatable bonds is 7. The molecule has 0 saturated carbocycles. The van der Waals surface area contributed by atoms with Gasteiger partial charge in [-0.25, -0.2) is 4.98 Å². The van der Waals surface area contributed by atoms with Crippen molar-refractivity contribution in [3.8, 4) is 17.2 Å². The minimum atomic E-state index is -0.0285. The number of nitrogens with zero attached hydrogens (tertiary/aromatic N) is 1. The predicted molar refractivity (Wildman–Crippen MR) is 89.4 cm³/mol. The first-order valence-electron chi connectivity index (χ1n) is 7.87. The Morgan fingerprint density at radius 3 is 2.87 bits per heavy atom. The Kier molecular flexibility index (Phi) is 5.79. The molecule has 0 unspecified atom stereocenters. The SMILES string of the molecule is COc1cccc(-c2nc(CC(=O)NCCC(C)C)c(C)o2)c1. The molecule has 1 N–H and O–H groups in total. The maximum atomic E-state index is 12.0. The molecule has 0 radical (unpaired) electrons. The molecule has 0 fully saturated rings. The molecule has 124 valence electrons. The Balaban J connectivity index is 2.04. The van der Waals surface area contributed by atoms with Gasteiger partial charge in [-0.3, -0.25) is 4.79 Å². The third kappa shape index (κ3) is 4.84. The average molecular weight is 316 g/mol. The van der Waals surface area contributed by atoms with Crippen LogP contribution in [0, 0.1) is 12.8 Å². The highest BCUT2D eigenvalue weighted by atomic mass is 16.5. The molecule has 5 heteroatoms. The van der Waals surface area contributed by atoms with Gasteiger partial charge in [0, 0.05) is 12.1 Å². The summed E-state index contributed by atoms with van der Waals surface area (Å²) in [5.74, 6) is 2.46. The summed E-state index contributed by atoms with van der Waals surface area (Å²) in [6, 6.07) is 7.51. The maximum Gasteiger partial charge on any atom is 0.226 e. The molecule has 1 aromatic carbocycles. The molecule has 1 heterocycles. The van der Waals surface area contributed by atoms with E-state index in [-0.39, 0.29) is 12.3 Å². The second-order valence-electron chi connectivity index (χ2n) is 5.96. The summed E-state index contributed by atoms with van der Waals surface area (Å²) < 4.78 is 10.9. The first kappa shape index (κ1) is 17.1. The lowest BCUT2D eigenvalue weighted by Gasteiger charge is -2.06. The van der Waals surface area contributed by atoms with Crippen LogP contribution in [0.4, 0.5) is 0 Å². The van der Waals surface area contributed by atoms with E-state index < -0.39 is 0 Å². The van der Waals surface area contributed by atoms with Crippen molar-refractivity contribution in [2.45, 2.75) is 33.6 Å². The van der Waals surface area contributed by atoms with Gasteiger partial charge in [0.15, 0.2) is 0 Å². The van der Waals surface area contributed by atoms with Crippen LogP contribution in [0.15, 0.2) is 28.7 Å². The first-order chi connectivity index (χ1) is 11.0.